The van der Waals surface area contributed by atoms with Crippen molar-refractivity contribution in [2.75, 3.05) is 37.6 Å². The van der Waals surface area contributed by atoms with Crippen LogP contribution in [0.15, 0.2) is 119 Å². The van der Waals surface area contributed by atoms with Crippen molar-refractivity contribution in [1.82, 2.24) is 15.2 Å². The van der Waals surface area contributed by atoms with Crippen molar-refractivity contribution in [3.63, 3.8) is 0 Å². The van der Waals surface area contributed by atoms with E-state index in [1.165, 1.54) is 53.3 Å². The number of carbonyl (C=O) groups is 1. The normalized spacial score (nSPS) is 18.9. The molecule has 2 atom stereocenters. The van der Waals surface area contributed by atoms with E-state index in [9.17, 15) is 10.1 Å². The molecule has 260 valence electrons. The van der Waals surface area contributed by atoms with Gasteiger partial charge < -0.3 is 20.2 Å². The van der Waals surface area contributed by atoms with E-state index in [1.807, 2.05) is 49.6 Å². The maximum absolute atomic E-state index is 10.7. The smallest absolute Gasteiger partial charge is 0.405 e. The summed E-state index contributed by atoms with van der Waals surface area (Å²) >= 11 is 1.78. The topological polar surface area (TPSA) is 92.5 Å². The largest absolute Gasteiger partial charge is 0.465 e. The van der Waals surface area contributed by atoms with Gasteiger partial charge in [-0.05, 0) is 105 Å². The Balaban J connectivity index is 0.000000306. The van der Waals surface area contributed by atoms with Crippen LogP contribution in [0.5, 0.6) is 0 Å². The molecule has 1 aromatic heterocycles. The molecule has 1 aliphatic carbocycles. The van der Waals surface area contributed by atoms with Crippen LogP contribution in [-0.4, -0.2) is 53.8 Å². The van der Waals surface area contributed by atoms with Crippen molar-refractivity contribution >= 4 is 23.5 Å². The van der Waals surface area contributed by atoms with E-state index in [0.717, 1.165) is 50.5 Å². The average molecular weight is 688 g/mol. The van der Waals surface area contributed by atoms with Gasteiger partial charge in [0.2, 0.25) is 0 Å². The van der Waals surface area contributed by atoms with Gasteiger partial charge >= 0.3 is 6.09 Å². The molecule has 7 rings (SSSR count). The molecule has 7 nitrogen and oxygen atoms in total. The van der Waals surface area contributed by atoms with Crippen LogP contribution in [0.4, 0.5) is 10.5 Å². The van der Waals surface area contributed by atoms with E-state index in [-0.39, 0.29) is 11.5 Å². The molecular weight excluding hydrogens is 639 g/mol. The summed E-state index contributed by atoms with van der Waals surface area (Å²) in [6, 6.07) is 36.1. The van der Waals surface area contributed by atoms with Crippen LogP contribution in [-0.2, 0) is 5.41 Å². The molecule has 0 spiro atoms. The molecule has 3 heterocycles. The lowest BCUT2D eigenvalue weighted by Gasteiger charge is -2.47. The summed E-state index contributed by atoms with van der Waals surface area (Å²) in [5, 5.41) is 21.5. The van der Waals surface area contributed by atoms with Gasteiger partial charge in [0.15, 0.2) is 0 Å². The van der Waals surface area contributed by atoms with Crippen molar-refractivity contribution in [2.45, 2.75) is 66.7 Å². The van der Waals surface area contributed by atoms with Crippen molar-refractivity contribution in [3.8, 4) is 6.07 Å². The minimum absolute atomic E-state index is 0.149. The Kier molecular flexibility index (Phi) is 12.1. The maximum Gasteiger partial charge on any atom is 0.405 e. The minimum Gasteiger partial charge on any atom is -0.465 e. The first-order valence-electron chi connectivity index (χ1n) is 18.1. The Morgan fingerprint density at radius 3 is 2.06 bits per heavy atom. The van der Waals surface area contributed by atoms with E-state index in [1.54, 1.807) is 11.8 Å². The fourth-order valence-electron chi connectivity index (χ4n) is 8.26. The van der Waals surface area contributed by atoms with Gasteiger partial charge in [0.1, 0.15) is 0 Å². The summed E-state index contributed by atoms with van der Waals surface area (Å²) in [6.07, 6.45) is 9.98. The van der Waals surface area contributed by atoms with Crippen LogP contribution < -0.4 is 10.2 Å². The van der Waals surface area contributed by atoms with Crippen LogP contribution >= 0.6 is 11.8 Å². The minimum atomic E-state index is -0.994. The van der Waals surface area contributed by atoms with Gasteiger partial charge in [-0.25, -0.2) is 4.79 Å². The first-order valence-corrected chi connectivity index (χ1v) is 18.9. The molecule has 2 aliphatic heterocycles. The number of nitrogens with one attached hydrogen (secondary N) is 1. The number of hydrogen-bond acceptors (Lipinski definition) is 6. The van der Waals surface area contributed by atoms with Gasteiger partial charge in [-0.2, -0.15) is 5.26 Å². The molecule has 3 fully saturated rings. The second kappa shape index (κ2) is 17.1. The number of piperidine rings is 1. The second-order valence-electron chi connectivity index (χ2n) is 14.0. The lowest BCUT2D eigenvalue weighted by molar-refractivity contribution is 0.103. The third-order valence-electron chi connectivity index (χ3n) is 10.9. The molecule has 3 aliphatic rings. The van der Waals surface area contributed by atoms with E-state index in [4.69, 9.17) is 5.11 Å². The summed E-state index contributed by atoms with van der Waals surface area (Å²) in [5.41, 5.74) is 3.27. The number of benzene rings is 3. The van der Waals surface area contributed by atoms with Gasteiger partial charge in [-0.3, -0.25) is 4.98 Å². The van der Waals surface area contributed by atoms with Crippen molar-refractivity contribution < 1.29 is 9.90 Å². The molecule has 8 heteroatoms. The number of aromatic nitrogens is 1. The van der Waals surface area contributed by atoms with Crippen molar-refractivity contribution in [1.29, 1.82) is 5.26 Å². The Morgan fingerprint density at radius 2 is 1.46 bits per heavy atom. The van der Waals surface area contributed by atoms with Crippen molar-refractivity contribution in [3.05, 3.63) is 121 Å². The standard InChI is InChI=1S/C33H38N4S.C9H11NO2/c34-25-33(28-8-4-5-9-28,27-6-2-1-3-7-27)29-16-20-36(21-17-29)22-26-23-37(24-26)30-10-12-31(13-11-30)38-32-14-18-35-19-15-32;1-7(10-9(11)12)8-5-3-2-4-6-8/h1-3,6-7,10-15,18-19,26,28-29H,4-5,8-9,16-17,20-24H2;2-7,10H,1H3,(H,11,12). The Hall–Kier alpha value is -4.32. The van der Waals surface area contributed by atoms with Crippen LogP contribution in [0.1, 0.15) is 62.6 Å². The highest BCUT2D eigenvalue weighted by atomic mass is 32.2. The van der Waals surface area contributed by atoms with Gasteiger partial charge in [-0.15, -0.1) is 0 Å². The van der Waals surface area contributed by atoms with E-state index < -0.39 is 6.09 Å². The van der Waals surface area contributed by atoms with Crippen LogP contribution in [0.2, 0.25) is 0 Å². The molecule has 2 saturated heterocycles. The highest BCUT2D eigenvalue weighted by molar-refractivity contribution is 7.99. The number of pyridine rings is 1. The van der Waals surface area contributed by atoms with E-state index >= 15 is 0 Å². The molecule has 4 aromatic rings. The van der Waals surface area contributed by atoms with Gasteiger partial charge in [-0.1, -0.05) is 85.3 Å². The molecule has 2 unspecified atom stereocenters. The predicted octanol–water partition coefficient (Wildman–Crippen LogP) is 9.05. The monoisotopic (exact) mass is 687 g/mol. The van der Waals surface area contributed by atoms with Gasteiger partial charge in [0, 0.05) is 53.4 Å². The first kappa shape index (κ1) is 35.5. The lowest BCUT2D eigenvalue weighted by atomic mass is 9.60. The van der Waals surface area contributed by atoms with Crippen LogP contribution in [0.25, 0.3) is 0 Å². The molecule has 50 heavy (non-hydrogen) atoms. The molecule has 2 N–H and O–H groups in total. The fourth-order valence-corrected chi connectivity index (χ4v) is 9.06. The summed E-state index contributed by atoms with van der Waals surface area (Å²) in [4.78, 5) is 22.0. The van der Waals surface area contributed by atoms with E-state index in [0.29, 0.717) is 11.8 Å². The zero-order valence-electron chi connectivity index (χ0n) is 29.0. The third-order valence-corrected chi connectivity index (χ3v) is 11.9. The number of nitrogens with zero attached hydrogens (tertiary/aromatic N) is 4. The molecule has 0 radical (unpaired) electrons. The molecule has 1 amide bonds. The highest BCUT2D eigenvalue weighted by Crippen LogP contribution is 2.50. The number of hydrogen-bond donors (Lipinski definition) is 2. The number of likely N-dealkylation sites (tertiary alicyclic amines) is 1. The Labute approximate surface area is 301 Å². The van der Waals surface area contributed by atoms with Crippen molar-refractivity contribution in [2.24, 2.45) is 17.8 Å². The highest BCUT2D eigenvalue weighted by Gasteiger charge is 2.48. The Morgan fingerprint density at radius 1 is 0.880 bits per heavy atom. The predicted molar refractivity (Wildman–Crippen MR) is 201 cm³/mol. The van der Waals surface area contributed by atoms with Gasteiger partial charge in [0.25, 0.3) is 0 Å². The van der Waals surface area contributed by atoms with Gasteiger partial charge in [0.05, 0.1) is 17.5 Å². The SMILES string of the molecule is CC(NC(=O)O)c1ccccc1.N#CC(c1ccccc1)(C1CCCC1)C1CCN(CC2CN(c3ccc(Sc4ccncc4)cc3)C2)CC1. The summed E-state index contributed by atoms with van der Waals surface area (Å²) in [5.74, 6) is 1.72. The number of nitriles is 1. The zero-order chi connectivity index (χ0) is 34.8. The molecule has 1 saturated carbocycles. The number of carboxylic acid groups (broad SMARTS) is 1. The van der Waals surface area contributed by atoms with Crippen LogP contribution in [0.3, 0.4) is 0 Å². The van der Waals surface area contributed by atoms with E-state index in [2.05, 4.69) is 92.9 Å². The lowest BCUT2D eigenvalue weighted by Crippen LogP contribution is -2.53. The summed E-state index contributed by atoms with van der Waals surface area (Å²) in [6.45, 7) is 7.54. The molecule has 0 bridgehead atoms. The molecule has 3 aromatic carbocycles. The summed E-state index contributed by atoms with van der Waals surface area (Å²) < 4.78 is 0. The zero-order valence-corrected chi connectivity index (χ0v) is 29.8. The maximum atomic E-state index is 10.7. The quantitative estimate of drug-likeness (QED) is 0.172. The number of rotatable bonds is 10. The third kappa shape index (κ3) is 8.69. The number of anilines is 1. The summed E-state index contributed by atoms with van der Waals surface area (Å²) in [7, 11) is 0. The first-order chi connectivity index (χ1) is 24.4. The number of amides is 1. The van der Waals surface area contributed by atoms with Crippen LogP contribution in [0, 0.1) is 29.1 Å². The molecular formula is C42H49N5O2S. The second-order valence-corrected chi connectivity index (χ2v) is 15.2. The Bertz CT molecular complexity index is 1660. The fraction of sp³-hybridized carbons (Fsp3) is 0.405. The average Bonchev–Trinajstić information content (AvgIpc) is 3.68.